The second kappa shape index (κ2) is 11.6. The Morgan fingerprint density at radius 3 is 2.75 bits per heavy atom. The van der Waals surface area contributed by atoms with Gasteiger partial charge in [-0.3, -0.25) is 9.69 Å². The number of benzene rings is 1. The van der Waals surface area contributed by atoms with Crippen molar-refractivity contribution in [1.82, 2.24) is 15.5 Å². The van der Waals surface area contributed by atoms with Gasteiger partial charge >= 0.3 is 0 Å². The molecule has 0 spiro atoms. The summed E-state index contributed by atoms with van der Waals surface area (Å²) in [4.78, 5) is 18.6. The summed E-state index contributed by atoms with van der Waals surface area (Å²) in [6.07, 6.45) is 6.69. The van der Waals surface area contributed by atoms with E-state index < -0.39 is 0 Å². The molecule has 1 aliphatic heterocycles. The highest BCUT2D eigenvalue weighted by Crippen LogP contribution is 2.26. The molecule has 1 saturated carbocycles. The zero-order chi connectivity index (χ0) is 19.1. The van der Waals surface area contributed by atoms with E-state index in [0.29, 0.717) is 12.6 Å². The molecule has 1 aromatic rings. The lowest BCUT2D eigenvalue weighted by Crippen LogP contribution is -2.45. The molecule has 28 heavy (non-hydrogen) atoms. The third-order valence-electron chi connectivity index (χ3n) is 5.41. The van der Waals surface area contributed by atoms with Gasteiger partial charge in [0.1, 0.15) is 0 Å². The standard InChI is InChI=1S/C21H33N5O.HI/c1-3-22-21(23-14-17-7-6-8-18(13-17)24-16(2)27)25-19-11-12-26(15-19)20-9-4-5-10-20;/h6-8,13,19-20H,3-5,9-12,14-15H2,1-2H3,(H,24,27)(H2,22,23,25);1H. The maximum Gasteiger partial charge on any atom is 0.221 e. The Bertz CT molecular complexity index is 660. The van der Waals surface area contributed by atoms with E-state index >= 15 is 0 Å². The number of guanidine groups is 1. The van der Waals surface area contributed by atoms with E-state index in [1.807, 2.05) is 24.3 Å². The lowest BCUT2D eigenvalue weighted by atomic mass is 10.2. The van der Waals surface area contributed by atoms with E-state index in [0.717, 1.165) is 36.3 Å². The number of anilines is 1. The van der Waals surface area contributed by atoms with Gasteiger partial charge in [0.25, 0.3) is 0 Å². The van der Waals surface area contributed by atoms with Crippen LogP contribution in [0.4, 0.5) is 5.69 Å². The number of amides is 1. The number of aliphatic imine (C=N–C) groups is 1. The highest BCUT2D eigenvalue weighted by atomic mass is 127. The van der Waals surface area contributed by atoms with Crippen molar-refractivity contribution in [2.75, 3.05) is 25.0 Å². The van der Waals surface area contributed by atoms with Gasteiger partial charge in [0.15, 0.2) is 5.96 Å². The first-order chi connectivity index (χ1) is 13.1. The molecule has 1 heterocycles. The summed E-state index contributed by atoms with van der Waals surface area (Å²) in [6, 6.07) is 9.13. The van der Waals surface area contributed by atoms with Gasteiger partial charge in [0, 0.05) is 44.3 Å². The number of nitrogens with zero attached hydrogens (tertiary/aromatic N) is 2. The minimum Gasteiger partial charge on any atom is -0.357 e. The zero-order valence-corrected chi connectivity index (χ0v) is 19.4. The Morgan fingerprint density at radius 2 is 2.04 bits per heavy atom. The van der Waals surface area contributed by atoms with Crippen molar-refractivity contribution < 1.29 is 4.79 Å². The number of nitrogens with one attached hydrogen (secondary N) is 3. The molecule has 3 rings (SSSR count). The molecule has 0 aromatic heterocycles. The third-order valence-corrected chi connectivity index (χ3v) is 5.41. The monoisotopic (exact) mass is 499 g/mol. The Labute approximate surface area is 186 Å². The summed E-state index contributed by atoms with van der Waals surface area (Å²) in [5, 5.41) is 9.80. The van der Waals surface area contributed by atoms with Crippen molar-refractivity contribution in [2.45, 2.75) is 64.6 Å². The number of rotatable bonds is 6. The van der Waals surface area contributed by atoms with Crippen LogP contribution in [0.5, 0.6) is 0 Å². The summed E-state index contributed by atoms with van der Waals surface area (Å²) in [5.74, 6) is 0.819. The van der Waals surface area contributed by atoms with Gasteiger partial charge < -0.3 is 16.0 Å². The predicted molar refractivity (Wildman–Crippen MR) is 126 cm³/mol. The Balaban J connectivity index is 0.00000280. The fourth-order valence-corrected chi connectivity index (χ4v) is 4.14. The van der Waals surface area contributed by atoms with Crippen LogP contribution in [0, 0.1) is 0 Å². The maximum atomic E-state index is 11.2. The van der Waals surface area contributed by atoms with Crippen molar-refractivity contribution >= 4 is 41.5 Å². The van der Waals surface area contributed by atoms with Crippen LogP contribution in [0.15, 0.2) is 29.3 Å². The van der Waals surface area contributed by atoms with Crippen molar-refractivity contribution in [2.24, 2.45) is 4.99 Å². The predicted octanol–water partition coefficient (Wildman–Crippen LogP) is 3.34. The van der Waals surface area contributed by atoms with Crippen LogP contribution in [0.2, 0.25) is 0 Å². The van der Waals surface area contributed by atoms with E-state index in [2.05, 4.69) is 27.8 Å². The van der Waals surface area contributed by atoms with Crippen LogP contribution in [0.3, 0.4) is 0 Å². The van der Waals surface area contributed by atoms with Gasteiger partial charge in [0.2, 0.25) is 5.91 Å². The van der Waals surface area contributed by atoms with Crippen LogP contribution >= 0.6 is 24.0 Å². The molecule has 1 aliphatic carbocycles. The van der Waals surface area contributed by atoms with Crippen LogP contribution in [-0.2, 0) is 11.3 Å². The molecule has 1 atom stereocenters. The minimum atomic E-state index is -0.0568. The molecule has 7 heteroatoms. The van der Waals surface area contributed by atoms with Gasteiger partial charge in [-0.25, -0.2) is 4.99 Å². The van der Waals surface area contributed by atoms with Crippen LogP contribution in [-0.4, -0.2) is 48.5 Å². The second-order valence-corrected chi connectivity index (χ2v) is 7.64. The first-order valence-corrected chi connectivity index (χ1v) is 10.3. The average Bonchev–Trinajstić information content (AvgIpc) is 3.31. The molecule has 2 aliphatic rings. The quantitative estimate of drug-likeness (QED) is 0.319. The molecule has 3 N–H and O–H groups in total. The van der Waals surface area contributed by atoms with Crippen molar-refractivity contribution in [3.05, 3.63) is 29.8 Å². The Kier molecular flexibility index (Phi) is 9.50. The van der Waals surface area contributed by atoms with Gasteiger partial charge in [-0.05, 0) is 43.9 Å². The topological polar surface area (TPSA) is 68.8 Å². The molecule has 156 valence electrons. The lowest BCUT2D eigenvalue weighted by molar-refractivity contribution is -0.114. The molecule has 2 fully saturated rings. The van der Waals surface area contributed by atoms with Crippen molar-refractivity contribution in [3.63, 3.8) is 0 Å². The highest BCUT2D eigenvalue weighted by molar-refractivity contribution is 14.0. The number of hydrogen-bond acceptors (Lipinski definition) is 3. The van der Waals surface area contributed by atoms with Gasteiger partial charge in [-0.1, -0.05) is 25.0 Å². The average molecular weight is 499 g/mol. The highest BCUT2D eigenvalue weighted by Gasteiger charge is 2.30. The molecule has 0 bridgehead atoms. The number of hydrogen-bond donors (Lipinski definition) is 3. The first kappa shape index (κ1) is 22.9. The maximum absolute atomic E-state index is 11.2. The number of carbonyl (C=O) groups is 1. The summed E-state index contributed by atoms with van der Waals surface area (Å²) < 4.78 is 0. The number of halogens is 1. The first-order valence-electron chi connectivity index (χ1n) is 10.3. The van der Waals surface area contributed by atoms with Crippen LogP contribution in [0.25, 0.3) is 0 Å². The SMILES string of the molecule is CCNC(=NCc1cccc(NC(C)=O)c1)NC1CCN(C2CCCC2)C1.I. The van der Waals surface area contributed by atoms with E-state index in [1.54, 1.807) is 0 Å². The number of likely N-dealkylation sites (tertiary alicyclic amines) is 1. The normalized spacial score (nSPS) is 20.6. The fraction of sp³-hybridized carbons (Fsp3) is 0.619. The van der Waals surface area contributed by atoms with Gasteiger partial charge in [-0.15, -0.1) is 24.0 Å². The lowest BCUT2D eigenvalue weighted by Gasteiger charge is -2.24. The molecule has 6 nitrogen and oxygen atoms in total. The van der Waals surface area contributed by atoms with Crippen molar-refractivity contribution in [1.29, 1.82) is 0 Å². The van der Waals surface area contributed by atoms with Crippen LogP contribution < -0.4 is 16.0 Å². The van der Waals surface area contributed by atoms with E-state index in [9.17, 15) is 4.79 Å². The fourth-order valence-electron chi connectivity index (χ4n) is 4.14. The van der Waals surface area contributed by atoms with Gasteiger partial charge in [-0.2, -0.15) is 0 Å². The summed E-state index contributed by atoms with van der Waals surface area (Å²) in [5.41, 5.74) is 1.90. The largest absolute Gasteiger partial charge is 0.357 e. The molecular weight excluding hydrogens is 465 g/mol. The summed E-state index contributed by atoms with van der Waals surface area (Å²) in [6.45, 7) is 7.36. The van der Waals surface area contributed by atoms with Gasteiger partial charge in [0.05, 0.1) is 6.54 Å². The van der Waals surface area contributed by atoms with Crippen LogP contribution in [0.1, 0.15) is 51.5 Å². The second-order valence-electron chi connectivity index (χ2n) is 7.64. The van der Waals surface area contributed by atoms with E-state index in [-0.39, 0.29) is 29.9 Å². The molecule has 1 aromatic carbocycles. The van der Waals surface area contributed by atoms with Crippen molar-refractivity contribution in [3.8, 4) is 0 Å². The third kappa shape index (κ3) is 6.92. The Hall–Kier alpha value is -1.35. The Morgan fingerprint density at radius 1 is 1.25 bits per heavy atom. The molecular formula is C21H34IN5O. The summed E-state index contributed by atoms with van der Waals surface area (Å²) in [7, 11) is 0. The number of carbonyl (C=O) groups excluding carboxylic acids is 1. The summed E-state index contributed by atoms with van der Waals surface area (Å²) >= 11 is 0. The smallest absolute Gasteiger partial charge is 0.221 e. The van der Waals surface area contributed by atoms with E-state index in [1.165, 1.54) is 45.6 Å². The molecule has 1 saturated heterocycles. The zero-order valence-electron chi connectivity index (χ0n) is 17.0. The molecule has 0 radical (unpaired) electrons. The molecule has 1 amide bonds. The minimum absolute atomic E-state index is 0. The molecule has 1 unspecified atom stereocenters. The van der Waals surface area contributed by atoms with E-state index in [4.69, 9.17) is 4.99 Å².